The van der Waals surface area contributed by atoms with Gasteiger partial charge in [0.05, 0.1) is 0 Å². The van der Waals surface area contributed by atoms with Crippen molar-refractivity contribution in [3.63, 3.8) is 0 Å². The van der Waals surface area contributed by atoms with Crippen molar-refractivity contribution in [1.82, 2.24) is 9.58 Å². The highest BCUT2D eigenvalue weighted by atomic mass is 32.2. The minimum absolute atomic E-state index is 0.0611. The van der Waals surface area contributed by atoms with Crippen molar-refractivity contribution in [3.8, 4) is 11.5 Å². The van der Waals surface area contributed by atoms with E-state index in [1.54, 1.807) is 22.9 Å². The summed E-state index contributed by atoms with van der Waals surface area (Å²) in [6.45, 7) is 1.29. The van der Waals surface area contributed by atoms with Gasteiger partial charge in [-0.3, -0.25) is 19.3 Å². The molecule has 8 heteroatoms. The van der Waals surface area contributed by atoms with E-state index < -0.39 is 0 Å². The van der Waals surface area contributed by atoms with Crippen LogP contribution in [0.1, 0.15) is 38.8 Å². The predicted molar refractivity (Wildman–Crippen MR) is 155 cm³/mol. The molecule has 0 aliphatic carbocycles. The molecule has 4 aromatic rings. The van der Waals surface area contributed by atoms with Crippen LogP contribution in [0.25, 0.3) is 0 Å². The van der Waals surface area contributed by atoms with Crippen molar-refractivity contribution in [2.24, 2.45) is 0 Å². The van der Waals surface area contributed by atoms with Gasteiger partial charge in [-0.25, -0.2) is 0 Å². The Bertz CT molecular complexity index is 1680. The molecular formula is C32H27N3O4S. The third-order valence-corrected chi connectivity index (χ3v) is 8.63. The van der Waals surface area contributed by atoms with Crippen LogP contribution >= 0.6 is 11.8 Å². The van der Waals surface area contributed by atoms with E-state index in [2.05, 4.69) is 29.3 Å². The van der Waals surface area contributed by atoms with Gasteiger partial charge in [0.1, 0.15) is 31.7 Å². The maximum absolute atomic E-state index is 14.0. The summed E-state index contributed by atoms with van der Waals surface area (Å²) in [5, 5.41) is 2.15. The Morgan fingerprint density at radius 1 is 0.925 bits per heavy atom. The molecule has 7 rings (SSSR count). The molecule has 3 aliphatic rings. The average Bonchev–Trinajstić information content (AvgIpc) is 3.17. The van der Waals surface area contributed by atoms with Gasteiger partial charge in [-0.1, -0.05) is 66.7 Å². The number of amides is 1. The number of ether oxygens (including phenoxy) is 2. The summed E-state index contributed by atoms with van der Waals surface area (Å²) < 4.78 is 14.3. The highest BCUT2D eigenvalue weighted by molar-refractivity contribution is 7.98. The van der Waals surface area contributed by atoms with Crippen LogP contribution in [-0.4, -0.2) is 35.3 Å². The zero-order valence-electron chi connectivity index (χ0n) is 21.7. The molecule has 2 bridgehead atoms. The first kappa shape index (κ1) is 24.6. The number of carbonyl (C=O) groups excluding carboxylic acids is 1. The Kier molecular flexibility index (Phi) is 6.32. The second kappa shape index (κ2) is 10.3. The number of nitrogens with zero attached hydrogens (tertiary/aromatic N) is 3. The monoisotopic (exact) mass is 549 g/mol. The maximum Gasteiger partial charge on any atom is 0.278 e. The first-order chi connectivity index (χ1) is 19.7. The second-order valence-corrected chi connectivity index (χ2v) is 10.9. The fourth-order valence-electron chi connectivity index (χ4n) is 5.61. The predicted octanol–water partition coefficient (Wildman–Crippen LogP) is 5.12. The molecule has 200 valence electrons. The van der Waals surface area contributed by atoms with Crippen LogP contribution in [0.15, 0.2) is 107 Å². The molecule has 0 fully saturated rings. The lowest BCUT2D eigenvalue weighted by Crippen LogP contribution is -2.55. The summed E-state index contributed by atoms with van der Waals surface area (Å²) in [4.78, 5) is 30.1. The fraction of sp³-hybridized carbons (Fsp3) is 0.188. The van der Waals surface area contributed by atoms with E-state index in [-0.39, 0.29) is 35.4 Å². The molecule has 0 radical (unpaired) electrons. The quantitative estimate of drug-likeness (QED) is 0.331. The van der Waals surface area contributed by atoms with Gasteiger partial charge in [0, 0.05) is 35.0 Å². The molecule has 7 nitrogen and oxygen atoms in total. The molecule has 0 spiro atoms. The van der Waals surface area contributed by atoms with E-state index in [1.165, 1.54) is 16.5 Å². The number of pyridine rings is 1. The summed E-state index contributed by atoms with van der Waals surface area (Å²) in [5.41, 5.74) is 4.20. The lowest BCUT2D eigenvalue weighted by Gasteiger charge is -2.44. The van der Waals surface area contributed by atoms with Crippen LogP contribution < -0.4 is 19.9 Å². The van der Waals surface area contributed by atoms with Gasteiger partial charge in [0.25, 0.3) is 5.91 Å². The van der Waals surface area contributed by atoms with E-state index in [9.17, 15) is 9.59 Å². The molecular weight excluding hydrogens is 522 g/mol. The van der Waals surface area contributed by atoms with E-state index in [1.807, 2.05) is 65.4 Å². The number of benzene rings is 3. The van der Waals surface area contributed by atoms with Crippen LogP contribution in [0, 0.1) is 0 Å². The average molecular weight is 550 g/mol. The SMILES string of the molecule is O=C1c2c(OCc3ccccc3)c(=O)ccn2N2CN1CC=CCOc1cccc3c1C2c1ccccc1SC3. The molecule has 3 aromatic carbocycles. The normalized spacial score (nSPS) is 17.5. The van der Waals surface area contributed by atoms with Gasteiger partial charge in [0.15, 0.2) is 11.4 Å². The molecule has 3 aliphatic heterocycles. The van der Waals surface area contributed by atoms with Crippen LogP contribution in [0.3, 0.4) is 0 Å². The summed E-state index contributed by atoms with van der Waals surface area (Å²) in [5.74, 6) is 1.44. The molecule has 1 aromatic heterocycles. The third kappa shape index (κ3) is 4.25. The van der Waals surface area contributed by atoms with Crippen molar-refractivity contribution < 1.29 is 14.3 Å². The van der Waals surface area contributed by atoms with Gasteiger partial charge in [-0.05, 0) is 34.9 Å². The highest BCUT2D eigenvalue weighted by Crippen LogP contribution is 2.46. The number of fused-ring (bicyclic) bond motifs is 7. The first-order valence-electron chi connectivity index (χ1n) is 13.3. The molecule has 1 atom stereocenters. The molecule has 40 heavy (non-hydrogen) atoms. The zero-order valence-corrected chi connectivity index (χ0v) is 22.5. The van der Waals surface area contributed by atoms with Gasteiger partial charge in [-0.2, -0.15) is 0 Å². The minimum Gasteiger partial charge on any atom is -0.489 e. The zero-order chi connectivity index (χ0) is 27.1. The smallest absolute Gasteiger partial charge is 0.278 e. The summed E-state index contributed by atoms with van der Waals surface area (Å²) in [7, 11) is 0. The van der Waals surface area contributed by atoms with Gasteiger partial charge in [-0.15, -0.1) is 11.8 Å². The van der Waals surface area contributed by atoms with E-state index >= 15 is 0 Å². The summed E-state index contributed by atoms with van der Waals surface area (Å²) >= 11 is 1.80. The Morgan fingerprint density at radius 3 is 2.67 bits per heavy atom. The minimum atomic E-state index is -0.321. The Balaban J connectivity index is 1.45. The molecule has 4 heterocycles. The van der Waals surface area contributed by atoms with Gasteiger partial charge < -0.3 is 14.4 Å². The largest absolute Gasteiger partial charge is 0.489 e. The molecule has 0 N–H and O–H groups in total. The van der Waals surface area contributed by atoms with Gasteiger partial charge >= 0.3 is 0 Å². The molecule has 1 amide bonds. The topological polar surface area (TPSA) is 64.0 Å². The Morgan fingerprint density at radius 2 is 1.77 bits per heavy atom. The Labute approximate surface area is 236 Å². The van der Waals surface area contributed by atoms with E-state index in [4.69, 9.17) is 9.47 Å². The lowest BCUT2D eigenvalue weighted by atomic mass is 9.93. The van der Waals surface area contributed by atoms with Crippen molar-refractivity contribution >= 4 is 17.7 Å². The molecule has 0 saturated heterocycles. The van der Waals surface area contributed by atoms with Crippen LogP contribution in [0.4, 0.5) is 0 Å². The third-order valence-electron chi connectivity index (χ3n) is 7.50. The summed E-state index contributed by atoms with van der Waals surface area (Å²) in [6, 6.07) is 25.5. The number of thioether (sulfide) groups is 1. The maximum atomic E-state index is 14.0. The van der Waals surface area contributed by atoms with E-state index in [0.717, 1.165) is 28.2 Å². The van der Waals surface area contributed by atoms with Gasteiger partial charge in [0.2, 0.25) is 5.43 Å². The van der Waals surface area contributed by atoms with Crippen LogP contribution in [0.2, 0.25) is 0 Å². The summed E-state index contributed by atoms with van der Waals surface area (Å²) in [6.07, 6.45) is 5.58. The van der Waals surface area contributed by atoms with Crippen molar-refractivity contribution in [3.05, 3.63) is 135 Å². The van der Waals surface area contributed by atoms with Crippen LogP contribution in [-0.2, 0) is 12.4 Å². The standard InChI is InChI=1S/C32H27N3O4S/c36-25-15-17-34-30(31(25)39-19-22-9-2-1-3-10-22)32(37)33-16-6-7-18-38-26-13-8-11-23-20-40-27-14-5-4-12-24(27)29(28(23)26)35(34)21-33/h1-15,17,29H,16,18-21H2. The molecule has 1 unspecified atom stereocenters. The van der Waals surface area contributed by atoms with Crippen LogP contribution in [0.5, 0.6) is 11.5 Å². The number of aromatic nitrogens is 1. The fourth-order valence-corrected chi connectivity index (χ4v) is 6.69. The second-order valence-electron chi connectivity index (χ2n) is 9.93. The van der Waals surface area contributed by atoms with Crippen molar-refractivity contribution in [2.75, 3.05) is 24.8 Å². The number of carbonyl (C=O) groups is 1. The lowest BCUT2D eigenvalue weighted by molar-refractivity contribution is 0.0698. The van der Waals surface area contributed by atoms with Crippen molar-refractivity contribution in [1.29, 1.82) is 0 Å². The number of hydrogen-bond acceptors (Lipinski definition) is 6. The first-order valence-corrected chi connectivity index (χ1v) is 14.3. The highest BCUT2D eigenvalue weighted by Gasteiger charge is 2.40. The van der Waals surface area contributed by atoms with E-state index in [0.29, 0.717) is 19.8 Å². The van der Waals surface area contributed by atoms with Crippen molar-refractivity contribution in [2.45, 2.75) is 23.3 Å². The Hall–Kier alpha value is -4.43. The molecule has 0 saturated carbocycles. The number of rotatable bonds is 3. The number of hydrogen-bond donors (Lipinski definition) is 0.